The zero-order valence-corrected chi connectivity index (χ0v) is 13.0. The fourth-order valence-corrected chi connectivity index (χ4v) is 3.26. The van der Waals surface area contributed by atoms with Crippen LogP contribution in [0.15, 0.2) is 35.2 Å². The van der Waals surface area contributed by atoms with Crippen molar-refractivity contribution in [1.29, 1.82) is 0 Å². The quantitative estimate of drug-likeness (QED) is 0.829. The van der Waals surface area contributed by atoms with Crippen LogP contribution in [0.5, 0.6) is 0 Å². The molecule has 8 heteroatoms. The van der Waals surface area contributed by atoms with Crippen molar-refractivity contribution in [2.24, 2.45) is 5.73 Å². The van der Waals surface area contributed by atoms with Gasteiger partial charge in [0.25, 0.3) is 0 Å². The van der Waals surface area contributed by atoms with E-state index in [9.17, 15) is 13.2 Å². The fraction of sp³-hybridized carbons (Fsp3) is 0.231. The third kappa shape index (κ3) is 3.31. The number of rotatable bonds is 4. The Morgan fingerprint density at radius 2 is 1.95 bits per heavy atom. The van der Waals surface area contributed by atoms with Crippen molar-refractivity contribution < 1.29 is 13.2 Å². The van der Waals surface area contributed by atoms with Crippen LogP contribution in [0.3, 0.4) is 0 Å². The molecule has 0 saturated carbocycles. The molecule has 1 aromatic heterocycles. The van der Waals surface area contributed by atoms with Crippen molar-refractivity contribution >= 4 is 38.4 Å². The summed E-state index contributed by atoms with van der Waals surface area (Å²) in [4.78, 5) is 15.3. The molecular weight excluding hydrogens is 314 g/mol. The van der Waals surface area contributed by atoms with Gasteiger partial charge in [-0.15, -0.1) is 0 Å². The first-order valence-electron chi connectivity index (χ1n) is 6.02. The van der Waals surface area contributed by atoms with Crippen molar-refractivity contribution in [3.63, 3.8) is 0 Å². The largest absolute Gasteiger partial charge is 0.368 e. The number of hydrogen-bond acceptors (Lipinski definition) is 4. The zero-order chi connectivity index (χ0) is 15.8. The van der Waals surface area contributed by atoms with E-state index in [2.05, 4.69) is 9.71 Å². The highest BCUT2D eigenvalue weighted by atomic mass is 35.5. The molecule has 0 spiro atoms. The standard InChI is InChI=1S/C13H14ClN3O3S/c1-13(2,12(15)18)17-21(19,20)9-4-5-10-8(7-9)3-6-11(14)16-10/h3-7,17H,1-2H3,(H2,15,18). The summed E-state index contributed by atoms with van der Waals surface area (Å²) in [6.45, 7) is 2.80. The summed E-state index contributed by atoms with van der Waals surface area (Å²) in [6, 6.07) is 7.64. The van der Waals surface area contributed by atoms with Crippen LogP contribution >= 0.6 is 11.6 Å². The highest BCUT2D eigenvalue weighted by molar-refractivity contribution is 7.89. The second-order valence-electron chi connectivity index (χ2n) is 5.08. The third-order valence-corrected chi connectivity index (χ3v) is 4.81. The summed E-state index contributed by atoms with van der Waals surface area (Å²) in [7, 11) is -3.88. The number of amides is 1. The molecule has 6 nitrogen and oxygen atoms in total. The predicted molar refractivity (Wildman–Crippen MR) is 80.3 cm³/mol. The summed E-state index contributed by atoms with van der Waals surface area (Å²) < 4.78 is 26.9. The number of hydrogen-bond donors (Lipinski definition) is 2. The van der Waals surface area contributed by atoms with Gasteiger partial charge in [-0.2, -0.15) is 4.72 Å². The van der Waals surface area contributed by atoms with Gasteiger partial charge in [0.1, 0.15) is 10.7 Å². The number of pyridine rings is 1. The maximum absolute atomic E-state index is 12.3. The minimum absolute atomic E-state index is 0.0217. The van der Waals surface area contributed by atoms with E-state index < -0.39 is 21.5 Å². The second kappa shape index (κ2) is 5.25. The van der Waals surface area contributed by atoms with Gasteiger partial charge in [-0.25, -0.2) is 13.4 Å². The summed E-state index contributed by atoms with van der Waals surface area (Å²) in [6.07, 6.45) is 0. The Morgan fingerprint density at radius 1 is 1.29 bits per heavy atom. The van der Waals surface area contributed by atoms with Crippen LogP contribution in [0.25, 0.3) is 10.9 Å². The lowest BCUT2D eigenvalue weighted by Crippen LogP contribution is -2.52. The van der Waals surface area contributed by atoms with Crippen LogP contribution in [0.4, 0.5) is 0 Å². The van der Waals surface area contributed by atoms with Crippen molar-refractivity contribution in [1.82, 2.24) is 9.71 Å². The number of carbonyl (C=O) groups is 1. The van der Waals surface area contributed by atoms with E-state index in [4.69, 9.17) is 17.3 Å². The lowest BCUT2D eigenvalue weighted by Gasteiger charge is -2.22. The lowest BCUT2D eigenvalue weighted by molar-refractivity contribution is -0.122. The molecule has 1 amide bonds. The smallest absolute Gasteiger partial charge is 0.241 e. The Balaban J connectivity index is 2.45. The molecule has 2 aromatic rings. The van der Waals surface area contributed by atoms with Gasteiger partial charge >= 0.3 is 0 Å². The van der Waals surface area contributed by atoms with E-state index in [1.165, 1.54) is 26.0 Å². The SMILES string of the molecule is CC(C)(NS(=O)(=O)c1ccc2nc(Cl)ccc2c1)C(N)=O. The summed E-state index contributed by atoms with van der Waals surface area (Å²) in [5, 5.41) is 0.949. The first-order chi connectivity index (χ1) is 9.62. The number of benzene rings is 1. The molecule has 0 bridgehead atoms. The van der Waals surface area contributed by atoms with E-state index in [0.29, 0.717) is 16.1 Å². The van der Waals surface area contributed by atoms with E-state index >= 15 is 0 Å². The zero-order valence-electron chi connectivity index (χ0n) is 11.4. The lowest BCUT2D eigenvalue weighted by atomic mass is 10.1. The first-order valence-corrected chi connectivity index (χ1v) is 7.88. The molecule has 0 aliphatic rings. The van der Waals surface area contributed by atoms with Gasteiger partial charge in [-0.05, 0) is 44.2 Å². The van der Waals surface area contributed by atoms with Crippen LogP contribution in [-0.4, -0.2) is 24.8 Å². The van der Waals surface area contributed by atoms with Crippen LogP contribution in [-0.2, 0) is 14.8 Å². The molecule has 3 N–H and O–H groups in total. The number of halogens is 1. The monoisotopic (exact) mass is 327 g/mol. The number of fused-ring (bicyclic) bond motifs is 1. The first kappa shape index (κ1) is 15.7. The maximum Gasteiger partial charge on any atom is 0.241 e. The summed E-state index contributed by atoms with van der Waals surface area (Å²) in [5.74, 6) is -0.764. The van der Waals surface area contributed by atoms with E-state index in [0.717, 1.165) is 0 Å². The second-order valence-corrected chi connectivity index (χ2v) is 7.15. The molecule has 0 atom stereocenters. The third-order valence-electron chi connectivity index (χ3n) is 2.94. The van der Waals surface area contributed by atoms with Crippen molar-refractivity contribution in [3.8, 4) is 0 Å². The molecule has 1 heterocycles. The van der Waals surface area contributed by atoms with E-state index in [1.54, 1.807) is 18.2 Å². The highest BCUT2D eigenvalue weighted by Gasteiger charge is 2.31. The van der Waals surface area contributed by atoms with Gasteiger partial charge in [0.15, 0.2) is 0 Å². The molecule has 2 rings (SSSR count). The van der Waals surface area contributed by atoms with Crippen LogP contribution < -0.4 is 10.5 Å². The van der Waals surface area contributed by atoms with Gasteiger partial charge in [-0.1, -0.05) is 11.6 Å². The Morgan fingerprint density at radius 3 is 2.57 bits per heavy atom. The minimum Gasteiger partial charge on any atom is -0.368 e. The molecule has 0 unspecified atom stereocenters. The van der Waals surface area contributed by atoms with Gasteiger partial charge in [0.05, 0.1) is 10.4 Å². The van der Waals surface area contributed by atoms with E-state index in [1.807, 2.05) is 0 Å². The average molecular weight is 328 g/mol. The van der Waals surface area contributed by atoms with Gasteiger partial charge < -0.3 is 5.73 Å². The summed E-state index contributed by atoms with van der Waals surface area (Å²) >= 11 is 5.78. The molecule has 0 aliphatic carbocycles. The topological polar surface area (TPSA) is 102 Å². The van der Waals surface area contributed by atoms with Crippen molar-refractivity contribution in [3.05, 3.63) is 35.5 Å². The number of sulfonamides is 1. The molecule has 0 saturated heterocycles. The predicted octanol–water partition coefficient (Wildman–Crippen LogP) is 1.43. The molecule has 21 heavy (non-hydrogen) atoms. The maximum atomic E-state index is 12.3. The molecule has 0 fully saturated rings. The average Bonchev–Trinajstić information content (AvgIpc) is 2.36. The van der Waals surface area contributed by atoms with Gasteiger partial charge in [0.2, 0.25) is 15.9 Å². The van der Waals surface area contributed by atoms with Crippen LogP contribution in [0.1, 0.15) is 13.8 Å². The van der Waals surface area contributed by atoms with Crippen LogP contribution in [0, 0.1) is 0 Å². The molecule has 0 aliphatic heterocycles. The molecule has 0 radical (unpaired) electrons. The Kier molecular flexibility index (Phi) is 3.92. The number of carbonyl (C=O) groups excluding carboxylic acids is 1. The highest BCUT2D eigenvalue weighted by Crippen LogP contribution is 2.20. The van der Waals surface area contributed by atoms with Crippen molar-refractivity contribution in [2.45, 2.75) is 24.3 Å². The van der Waals surface area contributed by atoms with Gasteiger partial charge in [-0.3, -0.25) is 4.79 Å². The number of nitrogens with one attached hydrogen (secondary N) is 1. The Bertz CT molecular complexity index is 819. The number of primary amides is 1. The summed E-state index contributed by atoms with van der Waals surface area (Å²) in [5.41, 5.74) is 4.37. The molecule has 1 aromatic carbocycles. The minimum atomic E-state index is -3.88. The molecule has 112 valence electrons. The van der Waals surface area contributed by atoms with E-state index in [-0.39, 0.29) is 4.90 Å². The normalized spacial score (nSPS) is 12.5. The number of nitrogens with zero attached hydrogens (tertiary/aromatic N) is 1. The fourth-order valence-electron chi connectivity index (χ4n) is 1.69. The van der Waals surface area contributed by atoms with Gasteiger partial charge in [0, 0.05) is 5.39 Å². The van der Waals surface area contributed by atoms with Crippen LogP contribution in [0.2, 0.25) is 5.15 Å². The Hall–Kier alpha value is -1.70. The Labute approximate surface area is 127 Å². The number of aromatic nitrogens is 1. The number of nitrogens with two attached hydrogens (primary N) is 1. The van der Waals surface area contributed by atoms with Crippen molar-refractivity contribution in [2.75, 3.05) is 0 Å². The molecular formula is C13H14ClN3O3S.